The highest BCUT2D eigenvalue weighted by atomic mass is 32.2. The fourth-order valence-electron chi connectivity index (χ4n) is 2.16. The lowest BCUT2D eigenvalue weighted by Gasteiger charge is -2.42. The van der Waals surface area contributed by atoms with Gasteiger partial charge in [0.1, 0.15) is 4.75 Å². The molecule has 0 aromatic heterocycles. The Morgan fingerprint density at radius 1 is 1.35 bits per heavy atom. The summed E-state index contributed by atoms with van der Waals surface area (Å²) in [5.74, 6) is -0.349. The molecule has 1 amide bonds. The third-order valence-electron chi connectivity index (χ3n) is 4.14. The first kappa shape index (κ1) is 17.7. The van der Waals surface area contributed by atoms with Gasteiger partial charge in [-0.3, -0.25) is 4.79 Å². The molecule has 1 fully saturated rings. The van der Waals surface area contributed by atoms with Crippen molar-refractivity contribution in [3.05, 3.63) is 0 Å². The molecule has 1 rings (SSSR count). The number of thioether (sulfide) groups is 1. The van der Waals surface area contributed by atoms with E-state index in [4.69, 9.17) is 18.0 Å². The normalized spacial score (nSPS) is 19.7. The molecule has 0 aromatic carbocycles. The number of hydrogen-bond donors (Lipinski definition) is 1. The maximum atomic E-state index is 12.4. The summed E-state index contributed by atoms with van der Waals surface area (Å²) in [5, 5.41) is 0. The number of thiocarbonyl (C=S) groups is 1. The van der Waals surface area contributed by atoms with Crippen molar-refractivity contribution in [2.75, 3.05) is 25.6 Å². The molecule has 8 heteroatoms. The average molecular weight is 339 g/mol. The Bertz CT molecular complexity index is 506. The Balaban J connectivity index is 2.86. The highest BCUT2D eigenvalue weighted by Gasteiger charge is 2.45. The molecule has 0 unspecified atom stereocenters. The van der Waals surface area contributed by atoms with Crippen molar-refractivity contribution in [1.29, 1.82) is 0 Å². The molecule has 2 N–H and O–H groups in total. The molecule has 1 saturated heterocycles. The summed E-state index contributed by atoms with van der Waals surface area (Å²) >= 11 is 6.73. The monoisotopic (exact) mass is 338 g/mol. The first-order valence-corrected chi connectivity index (χ1v) is 9.84. The number of nitrogens with zero attached hydrogens (tertiary/aromatic N) is 1. The number of likely N-dealkylation sites (tertiary alicyclic amines) is 1. The van der Waals surface area contributed by atoms with Crippen molar-refractivity contribution >= 4 is 44.7 Å². The summed E-state index contributed by atoms with van der Waals surface area (Å²) in [4.78, 5) is 14.5. The molecule has 1 heterocycles. The van der Waals surface area contributed by atoms with E-state index in [-0.39, 0.29) is 10.7 Å². The summed E-state index contributed by atoms with van der Waals surface area (Å²) in [5.41, 5.74) is 5.80. The fraction of sp³-hybridized carbons (Fsp3) is 0.833. The Labute approximate surface area is 130 Å². The topological polar surface area (TPSA) is 80.5 Å². The minimum Gasteiger partial charge on any atom is -0.392 e. The van der Waals surface area contributed by atoms with Gasteiger partial charge in [-0.1, -0.05) is 12.2 Å². The largest absolute Gasteiger partial charge is 0.392 e. The van der Waals surface area contributed by atoms with E-state index in [1.807, 2.05) is 6.26 Å². The van der Waals surface area contributed by atoms with Gasteiger partial charge in [-0.2, -0.15) is 11.8 Å². The van der Waals surface area contributed by atoms with Crippen molar-refractivity contribution in [3.8, 4) is 0 Å². The number of sulfone groups is 1. The van der Waals surface area contributed by atoms with Gasteiger partial charge in [-0.15, -0.1) is 0 Å². The van der Waals surface area contributed by atoms with E-state index in [1.54, 1.807) is 16.7 Å². The Kier molecular flexibility index (Phi) is 5.14. The zero-order chi connectivity index (χ0) is 15.8. The third kappa shape index (κ3) is 3.12. The van der Waals surface area contributed by atoms with E-state index in [2.05, 4.69) is 0 Å². The molecule has 0 atom stereocenters. The van der Waals surface area contributed by atoms with Crippen molar-refractivity contribution in [2.24, 2.45) is 5.73 Å². The summed E-state index contributed by atoms with van der Waals surface area (Å²) in [7, 11) is -3.45. The van der Waals surface area contributed by atoms with Crippen LogP contribution in [0.2, 0.25) is 0 Å². The second-order valence-electron chi connectivity index (χ2n) is 5.64. The number of piperidine rings is 1. The molecule has 5 nitrogen and oxygen atoms in total. The van der Waals surface area contributed by atoms with Gasteiger partial charge in [-0.05, 0) is 32.9 Å². The van der Waals surface area contributed by atoms with Crippen molar-refractivity contribution < 1.29 is 13.2 Å². The van der Waals surface area contributed by atoms with Crippen LogP contribution in [-0.2, 0) is 14.6 Å². The number of amides is 1. The van der Waals surface area contributed by atoms with E-state index >= 15 is 0 Å². The highest BCUT2D eigenvalue weighted by Crippen LogP contribution is 2.35. The van der Waals surface area contributed by atoms with E-state index in [1.165, 1.54) is 13.8 Å². The van der Waals surface area contributed by atoms with Crippen molar-refractivity contribution in [2.45, 2.75) is 36.2 Å². The molecule has 0 bridgehead atoms. The van der Waals surface area contributed by atoms with Crippen LogP contribution in [0.25, 0.3) is 0 Å². The number of rotatable bonds is 4. The summed E-state index contributed by atoms with van der Waals surface area (Å²) < 4.78 is 21.8. The number of carbonyl (C=O) groups is 1. The van der Waals surface area contributed by atoms with Crippen LogP contribution in [0, 0.1) is 0 Å². The molecule has 0 aromatic rings. The molecular weight excluding hydrogens is 316 g/mol. The summed E-state index contributed by atoms with van der Waals surface area (Å²) in [6.45, 7) is 3.87. The Hall–Kier alpha value is -0.340. The van der Waals surface area contributed by atoms with Crippen molar-refractivity contribution in [3.63, 3.8) is 0 Å². The average Bonchev–Trinajstić information content (AvgIpc) is 2.36. The molecule has 1 aliphatic heterocycles. The predicted molar refractivity (Wildman–Crippen MR) is 87.8 cm³/mol. The van der Waals surface area contributed by atoms with E-state index in [0.717, 1.165) is 6.26 Å². The molecule has 0 spiro atoms. The van der Waals surface area contributed by atoms with Gasteiger partial charge in [0, 0.05) is 19.3 Å². The van der Waals surface area contributed by atoms with Crippen LogP contribution in [0.15, 0.2) is 0 Å². The summed E-state index contributed by atoms with van der Waals surface area (Å²) in [6.07, 6.45) is 4.37. The SMILES string of the molecule is CSC1(C(N)=S)CCN(C(=O)C(C)(C)S(C)(=O)=O)CC1. The molecule has 0 saturated carbocycles. The minimum absolute atomic E-state index is 0.276. The molecular formula is C12H22N2O3S3. The van der Waals surface area contributed by atoms with Gasteiger partial charge < -0.3 is 10.6 Å². The first-order chi connectivity index (χ1) is 8.98. The van der Waals surface area contributed by atoms with E-state index in [9.17, 15) is 13.2 Å². The maximum absolute atomic E-state index is 12.4. The number of nitrogens with two attached hydrogens (primary N) is 1. The molecule has 0 aliphatic carbocycles. The van der Waals surface area contributed by atoms with Crippen LogP contribution in [0.4, 0.5) is 0 Å². The summed E-state index contributed by atoms with van der Waals surface area (Å²) in [6, 6.07) is 0. The molecule has 1 aliphatic rings. The van der Waals surface area contributed by atoms with Crippen LogP contribution >= 0.6 is 24.0 Å². The second kappa shape index (κ2) is 5.81. The lowest BCUT2D eigenvalue weighted by Crippen LogP contribution is -2.56. The van der Waals surface area contributed by atoms with Gasteiger partial charge >= 0.3 is 0 Å². The van der Waals surface area contributed by atoms with Crippen LogP contribution in [0.3, 0.4) is 0 Å². The Morgan fingerprint density at radius 2 is 1.80 bits per heavy atom. The lowest BCUT2D eigenvalue weighted by molar-refractivity contribution is -0.134. The van der Waals surface area contributed by atoms with Crippen LogP contribution in [0.5, 0.6) is 0 Å². The molecule has 116 valence electrons. The van der Waals surface area contributed by atoms with Gasteiger partial charge in [-0.25, -0.2) is 8.42 Å². The minimum atomic E-state index is -3.45. The van der Waals surface area contributed by atoms with Gasteiger partial charge in [0.25, 0.3) is 0 Å². The molecule has 20 heavy (non-hydrogen) atoms. The zero-order valence-electron chi connectivity index (χ0n) is 12.3. The highest BCUT2D eigenvalue weighted by molar-refractivity contribution is 8.02. The Morgan fingerprint density at radius 3 is 2.10 bits per heavy atom. The smallest absolute Gasteiger partial charge is 0.243 e. The van der Waals surface area contributed by atoms with Gasteiger partial charge in [0.15, 0.2) is 9.84 Å². The van der Waals surface area contributed by atoms with Gasteiger partial charge in [0.2, 0.25) is 5.91 Å². The van der Waals surface area contributed by atoms with Crippen LogP contribution < -0.4 is 5.73 Å². The van der Waals surface area contributed by atoms with Crippen molar-refractivity contribution in [1.82, 2.24) is 4.90 Å². The van der Waals surface area contributed by atoms with E-state index in [0.29, 0.717) is 30.9 Å². The number of carbonyl (C=O) groups excluding carboxylic acids is 1. The second-order valence-corrected chi connectivity index (χ2v) is 9.83. The third-order valence-corrected chi connectivity index (χ3v) is 8.10. The van der Waals surface area contributed by atoms with Gasteiger partial charge in [0.05, 0.1) is 9.74 Å². The first-order valence-electron chi connectivity index (χ1n) is 6.32. The van der Waals surface area contributed by atoms with E-state index < -0.39 is 14.6 Å². The zero-order valence-corrected chi connectivity index (χ0v) is 14.8. The van der Waals surface area contributed by atoms with Crippen LogP contribution in [0.1, 0.15) is 26.7 Å². The van der Waals surface area contributed by atoms with Crippen LogP contribution in [-0.4, -0.2) is 59.3 Å². The maximum Gasteiger partial charge on any atom is 0.243 e. The number of hydrogen-bond acceptors (Lipinski definition) is 5. The lowest BCUT2D eigenvalue weighted by atomic mass is 9.94. The molecule has 0 radical (unpaired) electrons. The predicted octanol–water partition coefficient (Wildman–Crippen LogP) is 0.820. The fourth-order valence-corrected chi connectivity index (χ4v) is 3.85. The standard InChI is InChI=1S/C12H22N2O3S3/c1-11(2,20(4,16)17)10(15)14-7-5-12(19-3,6-8-14)9(13)18/h5-8H2,1-4H3,(H2,13,18). The quantitative estimate of drug-likeness (QED) is 0.765.